The molecule has 0 radical (unpaired) electrons. The normalized spacial score (nSPS) is 6.41. The van der Waals surface area contributed by atoms with E-state index in [1.807, 2.05) is 0 Å². The maximum Gasteiger partial charge on any atom is 2.00 e. The van der Waals surface area contributed by atoms with Crippen molar-refractivity contribution in [3.8, 4) is 0 Å². The van der Waals surface area contributed by atoms with E-state index in [9.17, 15) is 4.79 Å². The van der Waals surface area contributed by atoms with Crippen LogP contribution in [0.4, 0.5) is 4.79 Å². The zero-order chi connectivity index (χ0) is 13.6. The number of hydrogen-bond acceptors (Lipinski definition) is 6. The van der Waals surface area contributed by atoms with Crippen LogP contribution < -0.4 is 15.9 Å². The zero-order valence-electron chi connectivity index (χ0n) is 9.51. The van der Waals surface area contributed by atoms with Gasteiger partial charge in [0.15, 0.2) is 0 Å². The van der Waals surface area contributed by atoms with Crippen LogP contribution >= 0.6 is 0 Å². The van der Waals surface area contributed by atoms with Crippen LogP contribution in [0, 0.1) is 0 Å². The van der Waals surface area contributed by atoms with Crippen LogP contribution in [0.15, 0.2) is 25.3 Å². The Morgan fingerprint density at radius 2 is 1.41 bits per heavy atom. The number of rotatable bonds is 3. The SMILES string of the molecule is C=CC(=O)[O-].C=CC(=O)[O-].CCOC(N)=O.[Zn+2]. The molecule has 92 valence electrons. The predicted octanol–water partition coefficient (Wildman–Crippen LogP) is -2.06. The molecule has 0 saturated heterocycles. The molecule has 0 aromatic carbocycles. The molecule has 0 spiro atoms. The van der Waals surface area contributed by atoms with Gasteiger partial charge in [0.1, 0.15) is 0 Å². The quantitative estimate of drug-likeness (QED) is 0.470. The molecule has 0 saturated carbocycles. The van der Waals surface area contributed by atoms with Crippen molar-refractivity contribution in [2.45, 2.75) is 6.92 Å². The number of carboxylic acid groups (broad SMARTS) is 2. The third kappa shape index (κ3) is 76.9. The smallest absolute Gasteiger partial charge is 0.545 e. The first kappa shape index (κ1) is 24.5. The Bertz CT molecular complexity index is 236. The van der Waals surface area contributed by atoms with Gasteiger partial charge in [0.2, 0.25) is 0 Å². The zero-order valence-corrected chi connectivity index (χ0v) is 12.5. The van der Waals surface area contributed by atoms with Gasteiger partial charge in [-0.15, -0.1) is 0 Å². The van der Waals surface area contributed by atoms with Crippen LogP contribution in [0.2, 0.25) is 0 Å². The minimum Gasteiger partial charge on any atom is -0.545 e. The Morgan fingerprint density at radius 1 is 1.18 bits per heavy atom. The molecule has 1 amide bonds. The first-order chi connectivity index (χ1) is 7.31. The fourth-order valence-corrected chi connectivity index (χ4v) is 0.142. The van der Waals surface area contributed by atoms with Crippen molar-refractivity contribution in [3.63, 3.8) is 0 Å². The van der Waals surface area contributed by atoms with Crippen molar-refractivity contribution < 1.29 is 48.8 Å². The van der Waals surface area contributed by atoms with Crippen LogP contribution in [0.25, 0.3) is 0 Å². The van der Waals surface area contributed by atoms with Crippen molar-refractivity contribution in [3.05, 3.63) is 25.3 Å². The van der Waals surface area contributed by atoms with Gasteiger partial charge in [-0.05, 0) is 19.1 Å². The van der Waals surface area contributed by atoms with E-state index in [2.05, 4.69) is 23.6 Å². The van der Waals surface area contributed by atoms with Gasteiger partial charge in [-0.2, -0.15) is 0 Å². The van der Waals surface area contributed by atoms with Crippen molar-refractivity contribution in [2.75, 3.05) is 6.61 Å². The molecule has 0 rings (SSSR count). The standard InChI is InChI=1S/C3H7NO2.2C3H4O2.Zn/c1-2-6-3(4)5;2*1-2-3(4)5;/h2H2,1H3,(H2,4,5);2*2H,1H2,(H,4,5);/q;;;+2/p-2. The fourth-order valence-electron chi connectivity index (χ4n) is 0.142. The van der Waals surface area contributed by atoms with E-state index >= 15 is 0 Å². The Balaban J connectivity index is -0.0000000729. The Hall–Kier alpha value is -1.69. The average Bonchev–Trinajstić information content (AvgIpc) is 2.19. The molecular weight excluding hydrogens is 283 g/mol. The van der Waals surface area contributed by atoms with E-state index in [1.54, 1.807) is 6.92 Å². The van der Waals surface area contributed by atoms with Gasteiger partial charge >= 0.3 is 25.6 Å². The van der Waals surface area contributed by atoms with Crippen LogP contribution in [0.5, 0.6) is 0 Å². The molecule has 8 heteroatoms. The third-order valence-corrected chi connectivity index (χ3v) is 0.620. The molecule has 0 heterocycles. The molecule has 0 aliphatic rings. The minimum absolute atomic E-state index is 0. The van der Waals surface area contributed by atoms with Gasteiger partial charge in [-0.25, -0.2) is 4.79 Å². The molecule has 17 heavy (non-hydrogen) atoms. The van der Waals surface area contributed by atoms with Crippen molar-refractivity contribution in [1.29, 1.82) is 0 Å². The summed E-state index contributed by atoms with van der Waals surface area (Å²) in [5, 5.41) is 18.3. The van der Waals surface area contributed by atoms with E-state index in [0.29, 0.717) is 6.61 Å². The molecule has 0 atom stereocenters. The van der Waals surface area contributed by atoms with Crippen LogP contribution in [0.3, 0.4) is 0 Å². The van der Waals surface area contributed by atoms with Gasteiger partial charge in [0, 0.05) is 0 Å². The van der Waals surface area contributed by atoms with E-state index < -0.39 is 18.0 Å². The van der Waals surface area contributed by atoms with Gasteiger partial charge in [0.05, 0.1) is 18.5 Å². The second-order valence-electron chi connectivity index (χ2n) is 1.80. The third-order valence-electron chi connectivity index (χ3n) is 0.620. The summed E-state index contributed by atoms with van der Waals surface area (Å²) in [5.74, 6) is -2.46. The maximum atomic E-state index is 9.60. The fraction of sp³-hybridized carbons (Fsp3) is 0.222. The number of ether oxygens (including phenoxy) is 1. The van der Waals surface area contributed by atoms with Crippen LogP contribution in [-0.2, 0) is 33.8 Å². The van der Waals surface area contributed by atoms with E-state index in [0.717, 1.165) is 12.2 Å². The summed E-state index contributed by atoms with van der Waals surface area (Å²) in [5.41, 5.74) is 4.54. The Labute approximate surface area is 112 Å². The monoisotopic (exact) mass is 295 g/mol. The van der Waals surface area contributed by atoms with Gasteiger partial charge < -0.3 is 30.3 Å². The average molecular weight is 297 g/mol. The first-order valence-corrected chi connectivity index (χ1v) is 3.90. The predicted molar refractivity (Wildman–Crippen MR) is 51.6 cm³/mol. The number of carbonyl (C=O) groups excluding carboxylic acids is 3. The van der Waals surface area contributed by atoms with Crippen molar-refractivity contribution >= 4 is 18.0 Å². The van der Waals surface area contributed by atoms with Crippen LogP contribution in [0.1, 0.15) is 6.92 Å². The topological polar surface area (TPSA) is 133 Å². The molecule has 0 aromatic rings. The molecule has 0 bridgehead atoms. The molecule has 0 aromatic heterocycles. The molecule has 0 fully saturated rings. The Kier molecular flexibility index (Phi) is 28.6. The largest absolute Gasteiger partial charge is 2.00 e. The molecule has 0 aliphatic heterocycles. The summed E-state index contributed by atoms with van der Waals surface area (Å²) in [6.45, 7) is 7.85. The second-order valence-corrected chi connectivity index (χ2v) is 1.80. The van der Waals surface area contributed by atoms with Gasteiger partial charge in [0.25, 0.3) is 0 Å². The number of amides is 1. The summed E-state index contributed by atoms with van der Waals surface area (Å²) in [4.78, 5) is 27.9. The molecule has 0 unspecified atom stereocenters. The summed E-state index contributed by atoms with van der Waals surface area (Å²) < 4.78 is 4.18. The summed E-state index contributed by atoms with van der Waals surface area (Å²) in [6.07, 6.45) is 0.734. The summed E-state index contributed by atoms with van der Waals surface area (Å²) in [6, 6.07) is 0. The number of aliphatic carboxylic acids is 2. The minimum atomic E-state index is -1.23. The molecule has 0 aliphatic carbocycles. The molecule has 7 nitrogen and oxygen atoms in total. The van der Waals surface area contributed by atoms with Gasteiger partial charge in [-0.1, -0.05) is 13.2 Å². The number of hydrogen-bond donors (Lipinski definition) is 1. The number of carbonyl (C=O) groups is 3. The first-order valence-electron chi connectivity index (χ1n) is 3.90. The summed E-state index contributed by atoms with van der Waals surface area (Å²) >= 11 is 0. The molecular formula is C9H13NO6Zn. The van der Waals surface area contributed by atoms with E-state index in [1.165, 1.54) is 0 Å². The van der Waals surface area contributed by atoms with E-state index in [4.69, 9.17) is 19.8 Å². The van der Waals surface area contributed by atoms with E-state index in [-0.39, 0.29) is 19.5 Å². The maximum absolute atomic E-state index is 9.60. The molecule has 2 N–H and O–H groups in total. The van der Waals surface area contributed by atoms with Crippen molar-refractivity contribution in [2.24, 2.45) is 5.73 Å². The van der Waals surface area contributed by atoms with Crippen molar-refractivity contribution in [1.82, 2.24) is 0 Å². The van der Waals surface area contributed by atoms with Gasteiger partial charge in [-0.3, -0.25) is 0 Å². The second kappa shape index (κ2) is 19.8. The summed E-state index contributed by atoms with van der Waals surface area (Å²) in [7, 11) is 0. The Morgan fingerprint density at radius 3 is 1.41 bits per heavy atom. The van der Waals surface area contributed by atoms with Crippen LogP contribution in [-0.4, -0.2) is 24.6 Å². The number of primary amides is 1. The number of nitrogens with two attached hydrogens (primary N) is 1. The number of carboxylic acids is 2.